The minimum atomic E-state index is -0.256. The highest BCUT2D eigenvalue weighted by Crippen LogP contribution is 2.32. The molecule has 0 spiro atoms. The van der Waals surface area contributed by atoms with Crippen LogP contribution in [0.25, 0.3) is 11.0 Å². The van der Waals surface area contributed by atoms with Gasteiger partial charge in [-0.2, -0.15) is 0 Å². The standard InChI is InChI=1S/C20H22N4O3/c25-18(10-3-11-21-20(26)17-9-5-13-27-17)24-12-4-8-16(24)19-22-14-6-1-2-7-15(14)23-19/h1-2,5-7,9,13,16H,3-4,8,10-12H2,(H,21,26)(H,22,23)/t16-/m1/s1. The van der Waals surface area contributed by atoms with Gasteiger partial charge in [0.1, 0.15) is 5.82 Å². The molecular formula is C20H22N4O3. The van der Waals surface area contributed by atoms with Crippen LogP contribution in [0.15, 0.2) is 47.1 Å². The normalized spacial score (nSPS) is 16.7. The molecule has 27 heavy (non-hydrogen) atoms. The van der Waals surface area contributed by atoms with E-state index in [1.54, 1.807) is 12.1 Å². The molecule has 1 aliphatic rings. The maximum absolute atomic E-state index is 12.7. The molecule has 4 rings (SSSR count). The topological polar surface area (TPSA) is 91.2 Å². The Morgan fingerprint density at radius 2 is 2.15 bits per heavy atom. The van der Waals surface area contributed by atoms with Gasteiger partial charge in [0.05, 0.1) is 23.3 Å². The van der Waals surface area contributed by atoms with Crippen LogP contribution < -0.4 is 5.32 Å². The van der Waals surface area contributed by atoms with Gasteiger partial charge in [0.2, 0.25) is 5.91 Å². The van der Waals surface area contributed by atoms with Gasteiger partial charge in [-0.05, 0) is 43.5 Å². The molecule has 0 radical (unpaired) electrons. The smallest absolute Gasteiger partial charge is 0.286 e. The van der Waals surface area contributed by atoms with Crippen molar-refractivity contribution in [3.63, 3.8) is 0 Å². The second kappa shape index (κ2) is 7.65. The molecule has 2 aromatic heterocycles. The van der Waals surface area contributed by atoms with Gasteiger partial charge in [0, 0.05) is 19.5 Å². The van der Waals surface area contributed by atoms with Crippen molar-refractivity contribution in [2.75, 3.05) is 13.1 Å². The molecule has 1 saturated heterocycles. The van der Waals surface area contributed by atoms with Gasteiger partial charge in [-0.3, -0.25) is 9.59 Å². The molecule has 0 bridgehead atoms. The third-order valence-electron chi connectivity index (χ3n) is 4.89. The van der Waals surface area contributed by atoms with Gasteiger partial charge < -0.3 is 19.6 Å². The number of imidazole rings is 1. The van der Waals surface area contributed by atoms with E-state index in [0.29, 0.717) is 19.4 Å². The summed E-state index contributed by atoms with van der Waals surface area (Å²) in [5.41, 5.74) is 1.92. The molecule has 140 valence electrons. The summed E-state index contributed by atoms with van der Waals surface area (Å²) >= 11 is 0. The number of hydrogen-bond acceptors (Lipinski definition) is 4. The molecule has 7 nitrogen and oxygen atoms in total. The zero-order valence-electron chi connectivity index (χ0n) is 15.0. The summed E-state index contributed by atoms with van der Waals surface area (Å²) in [6.45, 7) is 1.19. The van der Waals surface area contributed by atoms with E-state index in [9.17, 15) is 9.59 Å². The monoisotopic (exact) mass is 366 g/mol. The molecule has 0 aliphatic carbocycles. The van der Waals surface area contributed by atoms with Gasteiger partial charge in [0.15, 0.2) is 5.76 Å². The maximum Gasteiger partial charge on any atom is 0.286 e. The molecule has 2 N–H and O–H groups in total. The summed E-state index contributed by atoms with van der Waals surface area (Å²) in [5, 5.41) is 2.77. The van der Waals surface area contributed by atoms with Crippen LogP contribution in [0.3, 0.4) is 0 Å². The SMILES string of the molecule is O=C(NCCCC(=O)N1CCC[C@@H]1c1nc2ccccc2[nH]1)c1ccco1. The third kappa shape index (κ3) is 3.72. The highest BCUT2D eigenvalue weighted by molar-refractivity contribution is 5.91. The molecule has 1 aromatic carbocycles. The molecule has 1 aliphatic heterocycles. The molecule has 3 aromatic rings. The first-order valence-corrected chi connectivity index (χ1v) is 9.28. The average molecular weight is 366 g/mol. The number of hydrogen-bond donors (Lipinski definition) is 2. The van der Waals surface area contributed by atoms with Crippen molar-refractivity contribution >= 4 is 22.8 Å². The van der Waals surface area contributed by atoms with Gasteiger partial charge in [-0.25, -0.2) is 4.98 Å². The third-order valence-corrected chi connectivity index (χ3v) is 4.89. The number of carbonyl (C=O) groups is 2. The van der Waals surface area contributed by atoms with E-state index in [2.05, 4.69) is 15.3 Å². The largest absolute Gasteiger partial charge is 0.459 e. The van der Waals surface area contributed by atoms with Crippen molar-refractivity contribution in [3.05, 3.63) is 54.2 Å². The molecule has 3 heterocycles. The van der Waals surface area contributed by atoms with Crippen LogP contribution in [-0.2, 0) is 4.79 Å². The lowest BCUT2D eigenvalue weighted by atomic mass is 10.2. The van der Waals surface area contributed by atoms with Crippen molar-refractivity contribution < 1.29 is 14.0 Å². The van der Waals surface area contributed by atoms with E-state index < -0.39 is 0 Å². The molecule has 1 fully saturated rings. The van der Waals surface area contributed by atoms with Gasteiger partial charge in [-0.1, -0.05) is 12.1 Å². The predicted molar refractivity (Wildman–Crippen MR) is 100 cm³/mol. The molecular weight excluding hydrogens is 344 g/mol. The summed E-state index contributed by atoms with van der Waals surface area (Å²) in [6, 6.07) is 11.2. The van der Waals surface area contributed by atoms with Crippen LogP contribution in [0.2, 0.25) is 0 Å². The number of nitrogens with zero attached hydrogens (tertiary/aromatic N) is 2. The van der Waals surface area contributed by atoms with Gasteiger partial charge >= 0.3 is 0 Å². The number of benzene rings is 1. The van der Waals surface area contributed by atoms with Crippen LogP contribution in [0, 0.1) is 0 Å². The van der Waals surface area contributed by atoms with Crippen LogP contribution in [0.4, 0.5) is 0 Å². The number of para-hydroxylation sites is 2. The number of nitrogens with one attached hydrogen (secondary N) is 2. The molecule has 0 saturated carbocycles. The van der Waals surface area contributed by atoms with Crippen molar-refractivity contribution in [1.29, 1.82) is 0 Å². The Hall–Kier alpha value is -3.09. The second-order valence-corrected chi connectivity index (χ2v) is 6.72. The number of amides is 2. The number of aromatic amines is 1. The minimum absolute atomic E-state index is 0.00242. The van der Waals surface area contributed by atoms with E-state index in [0.717, 1.165) is 36.2 Å². The van der Waals surface area contributed by atoms with Crippen LogP contribution >= 0.6 is 0 Å². The quantitative estimate of drug-likeness (QED) is 0.656. The lowest BCUT2D eigenvalue weighted by molar-refractivity contribution is -0.132. The number of furan rings is 1. The fourth-order valence-corrected chi connectivity index (χ4v) is 3.56. The van der Waals surface area contributed by atoms with Crippen LogP contribution in [0.1, 0.15) is 48.1 Å². The number of H-pyrrole nitrogens is 1. The van der Waals surface area contributed by atoms with E-state index in [-0.39, 0.29) is 23.6 Å². The maximum atomic E-state index is 12.7. The molecule has 0 unspecified atom stereocenters. The Morgan fingerprint density at radius 1 is 1.26 bits per heavy atom. The Kier molecular flexibility index (Phi) is 4.91. The summed E-state index contributed by atoms with van der Waals surface area (Å²) in [6.07, 6.45) is 4.34. The Labute approximate surface area is 156 Å². The zero-order chi connectivity index (χ0) is 18.6. The first-order chi connectivity index (χ1) is 13.2. The van der Waals surface area contributed by atoms with Crippen molar-refractivity contribution in [2.24, 2.45) is 0 Å². The van der Waals surface area contributed by atoms with Crippen molar-refractivity contribution in [3.8, 4) is 0 Å². The van der Waals surface area contributed by atoms with Crippen molar-refractivity contribution in [2.45, 2.75) is 31.7 Å². The Balaban J connectivity index is 1.31. The highest BCUT2D eigenvalue weighted by atomic mass is 16.3. The summed E-state index contributed by atoms with van der Waals surface area (Å²) in [5.74, 6) is 0.984. The summed E-state index contributed by atoms with van der Waals surface area (Å²) < 4.78 is 5.05. The first kappa shape index (κ1) is 17.3. The zero-order valence-corrected chi connectivity index (χ0v) is 15.0. The van der Waals surface area contributed by atoms with Gasteiger partial charge in [0.25, 0.3) is 5.91 Å². The summed E-state index contributed by atoms with van der Waals surface area (Å²) in [4.78, 5) is 34.4. The number of fused-ring (bicyclic) bond motifs is 1. The minimum Gasteiger partial charge on any atom is -0.459 e. The lowest BCUT2D eigenvalue weighted by Gasteiger charge is -2.23. The predicted octanol–water partition coefficient (Wildman–Crippen LogP) is 3.03. The van der Waals surface area contributed by atoms with Crippen LogP contribution in [0.5, 0.6) is 0 Å². The Bertz CT molecular complexity index is 899. The molecule has 2 amide bonds. The Morgan fingerprint density at radius 3 is 2.96 bits per heavy atom. The van der Waals surface area contributed by atoms with E-state index in [1.807, 2.05) is 29.2 Å². The van der Waals surface area contributed by atoms with Gasteiger partial charge in [-0.15, -0.1) is 0 Å². The lowest BCUT2D eigenvalue weighted by Crippen LogP contribution is -2.32. The molecule has 7 heteroatoms. The second-order valence-electron chi connectivity index (χ2n) is 6.72. The fraction of sp³-hybridized carbons (Fsp3) is 0.350. The first-order valence-electron chi connectivity index (χ1n) is 9.28. The van der Waals surface area contributed by atoms with E-state index in [4.69, 9.17) is 4.42 Å². The van der Waals surface area contributed by atoms with E-state index >= 15 is 0 Å². The number of carbonyl (C=O) groups excluding carboxylic acids is 2. The number of rotatable bonds is 6. The highest BCUT2D eigenvalue weighted by Gasteiger charge is 2.31. The fourth-order valence-electron chi connectivity index (χ4n) is 3.56. The summed E-state index contributed by atoms with van der Waals surface area (Å²) in [7, 11) is 0. The van der Waals surface area contributed by atoms with Crippen molar-refractivity contribution in [1.82, 2.24) is 20.2 Å². The molecule has 1 atom stereocenters. The number of likely N-dealkylation sites (tertiary alicyclic amines) is 1. The van der Waals surface area contributed by atoms with Crippen LogP contribution in [-0.4, -0.2) is 39.8 Å². The number of aromatic nitrogens is 2. The van der Waals surface area contributed by atoms with E-state index in [1.165, 1.54) is 6.26 Å². The average Bonchev–Trinajstić information content (AvgIpc) is 3.43.